The van der Waals surface area contributed by atoms with E-state index in [0.29, 0.717) is 59.8 Å². The lowest BCUT2D eigenvalue weighted by atomic mass is 9.81. The number of thiophene rings is 1. The van der Waals surface area contributed by atoms with E-state index in [-0.39, 0.29) is 27.8 Å². The number of anilines is 1. The van der Waals surface area contributed by atoms with Crippen LogP contribution in [0.25, 0.3) is 10.9 Å². The third kappa shape index (κ3) is 6.50. The van der Waals surface area contributed by atoms with Gasteiger partial charge in [-0.05, 0) is 61.1 Å². The Bertz CT molecular complexity index is 1690. The number of rotatable bonds is 10. The van der Waals surface area contributed by atoms with Crippen molar-refractivity contribution >= 4 is 61.6 Å². The third-order valence-electron chi connectivity index (χ3n) is 7.24. The number of amides is 1. The second kappa shape index (κ2) is 12.1. The third-order valence-corrected chi connectivity index (χ3v) is 10.3. The monoisotopic (exact) mass is 616 g/mol. The first kappa shape index (κ1) is 28.9. The lowest BCUT2D eigenvalue weighted by molar-refractivity contribution is -0.144. The number of fused-ring (bicyclic) bond motifs is 1. The van der Waals surface area contributed by atoms with E-state index in [0.717, 1.165) is 22.5 Å². The van der Waals surface area contributed by atoms with Crippen molar-refractivity contribution in [1.29, 1.82) is 0 Å². The fourth-order valence-electron chi connectivity index (χ4n) is 5.13. The molecule has 2 heterocycles. The van der Waals surface area contributed by atoms with Crippen molar-refractivity contribution in [3.8, 4) is 5.75 Å². The van der Waals surface area contributed by atoms with Crippen LogP contribution >= 0.6 is 22.9 Å². The molecule has 41 heavy (non-hydrogen) atoms. The number of hydrogen-bond acceptors (Lipinski definition) is 7. The molecule has 2 aromatic heterocycles. The number of carboxylic acid groups (broad SMARTS) is 1. The van der Waals surface area contributed by atoms with Crippen molar-refractivity contribution < 1.29 is 27.9 Å². The predicted molar refractivity (Wildman–Crippen MR) is 157 cm³/mol. The predicted octanol–water partition coefficient (Wildman–Crippen LogP) is 5.12. The summed E-state index contributed by atoms with van der Waals surface area (Å²) < 4.78 is 36.3. The van der Waals surface area contributed by atoms with Gasteiger partial charge in [-0.2, -0.15) is 5.10 Å². The Kier molecular flexibility index (Phi) is 8.52. The zero-order valence-corrected chi connectivity index (χ0v) is 24.6. The van der Waals surface area contributed by atoms with Crippen LogP contribution in [0.1, 0.15) is 36.8 Å². The van der Waals surface area contributed by atoms with Gasteiger partial charge in [0.25, 0.3) is 10.0 Å². The maximum Gasteiger partial charge on any atom is 0.306 e. The number of sulfonamides is 1. The van der Waals surface area contributed by atoms with Crippen LogP contribution in [-0.2, 0) is 32.7 Å². The van der Waals surface area contributed by atoms with Crippen molar-refractivity contribution in [1.82, 2.24) is 15.1 Å². The molecule has 1 fully saturated rings. The van der Waals surface area contributed by atoms with E-state index < -0.39 is 16.0 Å². The Morgan fingerprint density at radius 1 is 1.07 bits per heavy atom. The van der Waals surface area contributed by atoms with E-state index in [4.69, 9.17) is 16.3 Å². The first-order chi connectivity index (χ1) is 19.6. The van der Waals surface area contributed by atoms with Gasteiger partial charge in [0.1, 0.15) is 9.96 Å². The number of aliphatic carboxylic acids is 1. The number of nitrogens with one attached hydrogen (secondary N) is 2. The maximum atomic E-state index is 13.0. The number of carbonyl (C=O) groups excluding carboxylic acids is 1. The van der Waals surface area contributed by atoms with Gasteiger partial charge >= 0.3 is 5.97 Å². The lowest BCUT2D eigenvalue weighted by Gasteiger charge is -2.25. The molecular weight excluding hydrogens is 588 g/mol. The normalized spacial score (nSPS) is 17.3. The number of carboxylic acids is 1. The molecule has 1 aliphatic carbocycles. The van der Waals surface area contributed by atoms with E-state index in [2.05, 4.69) is 15.1 Å². The van der Waals surface area contributed by atoms with Gasteiger partial charge in [0.05, 0.1) is 34.8 Å². The van der Waals surface area contributed by atoms with Crippen molar-refractivity contribution in [2.75, 3.05) is 11.8 Å². The number of hydrogen-bond donors (Lipinski definition) is 3. The number of methoxy groups -OCH3 is 1. The molecule has 3 N–H and O–H groups in total. The number of carbonyl (C=O) groups is 2. The summed E-state index contributed by atoms with van der Waals surface area (Å²) in [7, 11) is -2.41. The molecule has 13 heteroatoms. The summed E-state index contributed by atoms with van der Waals surface area (Å²) in [6.45, 7) is 0.685. The summed E-state index contributed by atoms with van der Waals surface area (Å²) in [4.78, 5) is 23.9. The second-order valence-corrected chi connectivity index (χ2v) is 13.6. The van der Waals surface area contributed by atoms with E-state index in [1.54, 1.807) is 10.7 Å². The molecule has 1 saturated carbocycles. The van der Waals surface area contributed by atoms with E-state index in [9.17, 15) is 23.1 Å². The molecule has 0 unspecified atom stereocenters. The highest BCUT2D eigenvalue weighted by atomic mass is 35.5. The first-order valence-electron chi connectivity index (χ1n) is 13.0. The minimum absolute atomic E-state index is 0.0617. The Labute approximate surface area is 246 Å². The fourth-order valence-corrected chi connectivity index (χ4v) is 7.62. The molecule has 1 aliphatic rings. The van der Waals surface area contributed by atoms with Gasteiger partial charge in [0.15, 0.2) is 5.82 Å². The molecular formula is C28H29ClN4O6S2. The number of benzene rings is 2. The maximum absolute atomic E-state index is 13.0. The number of ether oxygens (including phenoxy) is 1. The molecule has 2 aromatic carbocycles. The highest BCUT2D eigenvalue weighted by Gasteiger charge is 2.29. The van der Waals surface area contributed by atoms with Crippen LogP contribution in [0.3, 0.4) is 0 Å². The van der Waals surface area contributed by atoms with Crippen LogP contribution in [0.15, 0.2) is 58.8 Å². The van der Waals surface area contributed by atoms with Gasteiger partial charge in [0.2, 0.25) is 5.91 Å². The van der Waals surface area contributed by atoms with Crippen molar-refractivity contribution in [2.45, 2.75) is 43.0 Å². The molecule has 10 nitrogen and oxygen atoms in total. The van der Waals surface area contributed by atoms with Crippen molar-refractivity contribution in [2.24, 2.45) is 11.8 Å². The van der Waals surface area contributed by atoms with E-state index >= 15 is 0 Å². The summed E-state index contributed by atoms with van der Waals surface area (Å²) in [5, 5.41) is 17.3. The van der Waals surface area contributed by atoms with E-state index in [1.807, 2.05) is 36.4 Å². The largest absolute Gasteiger partial charge is 0.496 e. The van der Waals surface area contributed by atoms with Crippen LogP contribution < -0.4 is 14.8 Å². The molecule has 1 amide bonds. The van der Waals surface area contributed by atoms with Crippen LogP contribution in [0.5, 0.6) is 5.75 Å². The number of aromatic nitrogens is 2. The highest BCUT2D eigenvalue weighted by Crippen LogP contribution is 2.35. The molecule has 5 rings (SSSR count). The average molecular weight is 617 g/mol. The lowest BCUT2D eigenvalue weighted by Crippen LogP contribution is -2.34. The second-order valence-electron chi connectivity index (χ2n) is 9.95. The quantitative estimate of drug-likeness (QED) is 0.225. The van der Waals surface area contributed by atoms with Crippen molar-refractivity contribution in [3.05, 3.63) is 70.1 Å². The minimum Gasteiger partial charge on any atom is -0.496 e. The SMILES string of the molecule is COc1cccc2c1c(NS(=O)(=O)c1ccc(Cl)s1)nn2Cc1cccc(CNC(=O)C2CCC(C(=O)O)CC2)c1. The molecule has 216 valence electrons. The van der Waals surface area contributed by atoms with Crippen LogP contribution in [0.4, 0.5) is 5.82 Å². The highest BCUT2D eigenvalue weighted by molar-refractivity contribution is 7.94. The van der Waals surface area contributed by atoms with Gasteiger partial charge in [-0.1, -0.05) is 41.9 Å². The molecule has 0 aliphatic heterocycles. The molecule has 0 spiro atoms. The summed E-state index contributed by atoms with van der Waals surface area (Å²) in [5.41, 5.74) is 2.49. The zero-order chi connectivity index (χ0) is 29.1. The fraction of sp³-hybridized carbons (Fsp3) is 0.321. The summed E-state index contributed by atoms with van der Waals surface area (Å²) >= 11 is 6.91. The molecule has 4 aromatic rings. The standard InChI is InChI=1S/C28H29ClN4O6S2/c1-39-22-7-3-6-21-25(22)26(32-41(37,38)24-13-12-23(29)40-24)31-33(21)16-18-5-2-4-17(14-18)15-30-27(34)19-8-10-20(11-9-19)28(35)36/h2-7,12-14,19-20H,8-11,15-16H2,1H3,(H,30,34)(H,31,32)(H,35,36). The summed E-state index contributed by atoms with van der Waals surface area (Å²) in [6.07, 6.45) is 2.18. The zero-order valence-electron chi connectivity index (χ0n) is 22.2. The Morgan fingerprint density at radius 2 is 1.78 bits per heavy atom. The smallest absolute Gasteiger partial charge is 0.306 e. The minimum atomic E-state index is -3.92. The molecule has 0 atom stereocenters. The van der Waals surface area contributed by atoms with Crippen molar-refractivity contribution in [3.63, 3.8) is 0 Å². The molecule has 0 saturated heterocycles. The summed E-state index contributed by atoms with van der Waals surface area (Å²) in [5.74, 6) is -0.771. The van der Waals surface area contributed by atoms with Crippen LogP contribution in [-0.4, -0.2) is 42.3 Å². The van der Waals surface area contributed by atoms with Crippen LogP contribution in [0.2, 0.25) is 4.34 Å². The van der Waals surface area contributed by atoms with Gasteiger partial charge in [-0.25, -0.2) is 8.42 Å². The average Bonchev–Trinajstić information content (AvgIpc) is 3.55. The Morgan fingerprint density at radius 3 is 2.46 bits per heavy atom. The molecule has 0 radical (unpaired) electrons. The van der Waals surface area contributed by atoms with Gasteiger partial charge in [-0.3, -0.25) is 19.0 Å². The summed E-state index contributed by atoms with van der Waals surface area (Å²) in [6, 6.07) is 16.1. The first-order valence-corrected chi connectivity index (χ1v) is 15.7. The molecule has 0 bridgehead atoms. The Balaban J connectivity index is 1.33. The topological polar surface area (TPSA) is 140 Å². The number of halogens is 1. The van der Waals surface area contributed by atoms with E-state index in [1.165, 1.54) is 19.2 Å². The Hall–Kier alpha value is -3.61. The van der Waals surface area contributed by atoms with Gasteiger partial charge < -0.3 is 15.2 Å². The van der Waals surface area contributed by atoms with Crippen LogP contribution in [0, 0.1) is 11.8 Å². The van der Waals surface area contributed by atoms with Gasteiger partial charge in [0, 0.05) is 12.5 Å². The number of nitrogens with zero attached hydrogens (tertiary/aromatic N) is 2. The van der Waals surface area contributed by atoms with Gasteiger partial charge in [-0.15, -0.1) is 11.3 Å².